The van der Waals surface area contributed by atoms with Gasteiger partial charge >= 0.3 is 0 Å². The first kappa shape index (κ1) is 16.0. The summed E-state index contributed by atoms with van der Waals surface area (Å²) in [4.78, 5) is 0.564. The molecule has 0 aliphatic rings. The Morgan fingerprint density at radius 1 is 1.26 bits per heavy atom. The molecule has 1 unspecified atom stereocenters. The quantitative estimate of drug-likeness (QED) is 0.804. The molecule has 2 N–H and O–H groups in total. The summed E-state index contributed by atoms with van der Waals surface area (Å²) in [5.41, 5.74) is 9.37. The van der Waals surface area contributed by atoms with Crippen molar-refractivity contribution in [3.8, 4) is 5.75 Å². The molecule has 0 aliphatic heterocycles. The molecule has 1 aromatic carbocycles. The molecule has 0 saturated carbocycles. The van der Waals surface area contributed by atoms with Crippen molar-refractivity contribution < 1.29 is 4.74 Å². The minimum Gasteiger partial charge on any atom is -0.493 e. The molecule has 0 spiro atoms. The summed E-state index contributed by atoms with van der Waals surface area (Å²) in [6.45, 7) is 11.3. The van der Waals surface area contributed by atoms with Gasteiger partial charge in [0.2, 0.25) is 0 Å². The van der Waals surface area contributed by atoms with Gasteiger partial charge in [0, 0.05) is 5.92 Å². The summed E-state index contributed by atoms with van der Waals surface area (Å²) < 4.78 is 5.98. The van der Waals surface area contributed by atoms with Crippen molar-refractivity contribution in [3.63, 3.8) is 0 Å². The fourth-order valence-corrected chi connectivity index (χ4v) is 2.16. The Morgan fingerprint density at radius 3 is 2.42 bits per heavy atom. The van der Waals surface area contributed by atoms with E-state index in [1.165, 1.54) is 16.7 Å². The van der Waals surface area contributed by atoms with E-state index >= 15 is 0 Å². The van der Waals surface area contributed by atoms with Crippen molar-refractivity contribution in [2.75, 3.05) is 6.61 Å². The normalized spacial score (nSPS) is 12.5. The van der Waals surface area contributed by atoms with Gasteiger partial charge in [0.05, 0.1) is 11.6 Å². The summed E-state index contributed by atoms with van der Waals surface area (Å²) in [5.74, 6) is 1.71. The van der Waals surface area contributed by atoms with Crippen molar-refractivity contribution in [2.24, 2.45) is 17.6 Å². The van der Waals surface area contributed by atoms with Gasteiger partial charge in [-0.3, -0.25) is 0 Å². The van der Waals surface area contributed by atoms with Crippen LogP contribution in [0, 0.1) is 25.7 Å². The molecule has 0 amide bonds. The number of thiocarbonyl (C=S) groups is 1. The van der Waals surface area contributed by atoms with Gasteiger partial charge in [0.25, 0.3) is 0 Å². The number of nitrogens with two attached hydrogens (primary N) is 1. The molecule has 0 fully saturated rings. The van der Waals surface area contributed by atoms with Gasteiger partial charge < -0.3 is 10.5 Å². The lowest BCUT2D eigenvalue weighted by atomic mass is 9.96. The number of rotatable bonds is 6. The third-order valence-electron chi connectivity index (χ3n) is 3.07. The molecule has 106 valence electrons. The van der Waals surface area contributed by atoms with Crippen molar-refractivity contribution in [1.29, 1.82) is 0 Å². The molecule has 0 radical (unpaired) electrons. The van der Waals surface area contributed by atoms with Crippen molar-refractivity contribution >= 4 is 17.2 Å². The highest BCUT2D eigenvalue weighted by molar-refractivity contribution is 7.80. The maximum Gasteiger partial charge on any atom is 0.125 e. The van der Waals surface area contributed by atoms with Crippen LogP contribution in [0.25, 0.3) is 0 Å². The molecule has 0 saturated heterocycles. The minimum absolute atomic E-state index is 0.192. The van der Waals surface area contributed by atoms with Crippen LogP contribution in [0.1, 0.15) is 37.5 Å². The highest BCUT2D eigenvalue weighted by Gasteiger charge is 2.14. The third-order valence-corrected chi connectivity index (χ3v) is 3.47. The van der Waals surface area contributed by atoms with Gasteiger partial charge in [-0.25, -0.2) is 0 Å². The number of ether oxygens (including phenoxy) is 1. The maximum atomic E-state index is 5.98. The van der Waals surface area contributed by atoms with E-state index in [0.29, 0.717) is 10.9 Å². The van der Waals surface area contributed by atoms with Gasteiger partial charge in [0.15, 0.2) is 0 Å². The molecule has 3 heteroatoms. The minimum atomic E-state index is 0.192. The van der Waals surface area contributed by atoms with Crippen LogP contribution in [0.4, 0.5) is 0 Å². The SMILES string of the molecule is Cc1cc(C)c(OCC(C)C)c(CC(C)C(N)=S)c1. The molecular weight excluding hydrogens is 254 g/mol. The highest BCUT2D eigenvalue weighted by atomic mass is 32.1. The summed E-state index contributed by atoms with van der Waals surface area (Å²) >= 11 is 5.07. The average molecular weight is 279 g/mol. The summed E-state index contributed by atoms with van der Waals surface area (Å²) in [5, 5.41) is 0. The van der Waals surface area contributed by atoms with Crippen LogP contribution >= 0.6 is 12.2 Å². The zero-order valence-corrected chi connectivity index (χ0v) is 13.4. The first-order valence-corrected chi connectivity index (χ1v) is 7.24. The number of hydrogen-bond acceptors (Lipinski definition) is 2. The van der Waals surface area contributed by atoms with Crippen molar-refractivity contribution in [2.45, 2.75) is 41.0 Å². The van der Waals surface area contributed by atoms with Crippen LogP contribution in [0.5, 0.6) is 5.75 Å². The fraction of sp³-hybridized carbons (Fsp3) is 0.562. The Hall–Kier alpha value is -1.09. The average Bonchev–Trinajstić information content (AvgIpc) is 2.26. The summed E-state index contributed by atoms with van der Waals surface area (Å²) in [6.07, 6.45) is 0.839. The smallest absolute Gasteiger partial charge is 0.125 e. The van der Waals surface area contributed by atoms with E-state index in [4.69, 9.17) is 22.7 Å². The first-order valence-electron chi connectivity index (χ1n) is 6.83. The van der Waals surface area contributed by atoms with E-state index in [-0.39, 0.29) is 5.92 Å². The lowest BCUT2D eigenvalue weighted by Crippen LogP contribution is -2.21. The maximum absolute atomic E-state index is 5.98. The molecule has 1 rings (SSSR count). The Labute approximate surface area is 122 Å². The molecule has 0 aromatic heterocycles. The van der Waals surface area contributed by atoms with Crippen LogP contribution in [-0.4, -0.2) is 11.6 Å². The monoisotopic (exact) mass is 279 g/mol. The van der Waals surface area contributed by atoms with Gasteiger partial charge in [-0.15, -0.1) is 0 Å². The van der Waals surface area contributed by atoms with Crippen LogP contribution in [0.15, 0.2) is 12.1 Å². The summed E-state index contributed by atoms with van der Waals surface area (Å²) in [6, 6.07) is 4.34. The molecule has 0 aliphatic carbocycles. The van der Waals surface area contributed by atoms with Crippen molar-refractivity contribution in [3.05, 3.63) is 28.8 Å². The Kier molecular flexibility index (Phi) is 5.80. The standard InChI is InChI=1S/C16H25NOS/c1-10(2)9-18-15-12(4)6-11(3)7-14(15)8-13(5)16(17)19/h6-7,10,13H,8-9H2,1-5H3,(H2,17,19). The Balaban J connectivity index is 3.02. The molecule has 0 heterocycles. The van der Waals surface area contributed by atoms with Crippen LogP contribution < -0.4 is 10.5 Å². The van der Waals surface area contributed by atoms with Gasteiger partial charge in [-0.1, -0.05) is 50.7 Å². The van der Waals surface area contributed by atoms with E-state index in [0.717, 1.165) is 18.8 Å². The lowest BCUT2D eigenvalue weighted by Gasteiger charge is -2.18. The second-order valence-corrected chi connectivity index (χ2v) is 6.25. The molecule has 0 bridgehead atoms. The Morgan fingerprint density at radius 2 is 1.89 bits per heavy atom. The summed E-state index contributed by atoms with van der Waals surface area (Å²) in [7, 11) is 0. The molecule has 1 aromatic rings. The van der Waals surface area contributed by atoms with Gasteiger partial charge in [0.1, 0.15) is 5.75 Å². The zero-order chi connectivity index (χ0) is 14.6. The van der Waals surface area contributed by atoms with Gasteiger partial charge in [-0.2, -0.15) is 0 Å². The molecular formula is C16H25NOS. The second-order valence-electron chi connectivity index (χ2n) is 5.78. The Bertz CT molecular complexity index is 454. The number of benzene rings is 1. The predicted octanol–water partition coefficient (Wildman–Crippen LogP) is 3.80. The zero-order valence-electron chi connectivity index (χ0n) is 12.6. The molecule has 19 heavy (non-hydrogen) atoms. The van der Waals surface area contributed by atoms with Crippen molar-refractivity contribution in [1.82, 2.24) is 0 Å². The second kappa shape index (κ2) is 6.90. The van der Waals surface area contributed by atoms with E-state index in [9.17, 15) is 0 Å². The van der Waals surface area contributed by atoms with Gasteiger partial charge in [-0.05, 0) is 37.3 Å². The number of aryl methyl sites for hydroxylation is 2. The highest BCUT2D eigenvalue weighted by Crippen LogP contribution is 2.28. The third kappa shape index (κ3) is 4.83. The van der Waals surface area contributed by atoms with E-state index < -0.39 is 0 Å². The first-order chi connectivity index (χ1) is 8.81. The largest absolute Gasteiger partial charge is 0.493 e. The lowest BCUT2D eigenvalue weighted by molar-refractivity contribution is 0.266. The predicted molar refractivity (Wildman–Crippen MR) is 85.9 cm³/mol. The topological polar surface area (TPSA) is 35.2 Å². The van der Waals surface area contributed by atoms with Crippen LogP contribution in [0.2, 0.25) is 0 Å². The fourth-order valence-electron chi connectivity index (χ4n) is 2.08. The van der Waals surface area contributed by atoms with E-state index in [1.54, 1.807) is 0 Å². The van der Waals surface area contributed by atoms with Crippen LogP contribution in [-0.2, 0) is 6.42 Å². The van der Waals surface area contributed by atoms with E-state index in [1.807, 2.05) is 0 Å². The molecule has 1 atom stereocenters. The number of hydrogen-bond donors (Lipinski definition) is 1. The molecule has 2 nitrogen and oxygen atoms in total. The van der Waals surface area contributed by atoms with E-state index in [2.05, 4.69) is 46.8 Å². The van der Waals surface area contributed by atoms with Crippen LogP contribution in [0.3, 0.4) is 0 Å².